The molecule has 0 spiro atoms. The summed E-state index contributed by atoms with van der Waals surface area (Å²) >= 11 is 1.94. The van der Waals surface area contributed by atoms with Crippen molar-refractivity contribution in [1.82, 2.24) is 4.98 Å². The van der Waals surface area contributed by atoms with Gasteiger partial charge in [0.05, 0.1) is 16.9 Å². The molecule has 1 aromatic rings. The van der Waals surface area contributed by atoms with Crippen molar-refractivity contribution in [3.8, 4) is 0 Å². The number of hydrogen-bond donors (Lipinski definition) is 1. The molecule has 4 nitrogen and oxygen atoms in total. The maximum absolute atomic E-state index is 11.6. The van der Waals surface area contributed by atoms with Crippen LogP contribution in [0.15, 0.2) is 12.3 Å². The molecular weight excluding hydrogens is 234 g/mol. The number of aromatic nitrogens is 1. The van der Waals surface area contributed by atoms with Gasteiger partial charge < -0.3 is 10.6 Å². The molecule has 0 unspecified atom stereocenters. The molecule has 1 amide bonds. The quantitative estimate of drug-likeness (QED) is 0.879. The van der Waals surface area contributed by atoms with E-state index in [1.165, 1.54) is 0 Å². The van der Waals surface area contributed by atoms with Crippen molar-refractivity contribution in [1.29, 1.82) is 0 Å². The average molecular weight is 251 g/mol. The summed E-state index contributed by atoms with van der Waals surface area (Å²) in [6.07, 6.45) is 2.50. The van der Waals surface area contributed by atoms with E-state index in [0.29, 0.717) is 5.56 Å². The number of primary amides is 1. The van der Waals surface area contributed by atoms with E-state index in [1.807, 2.05) is 24.8 Å². The Bertz CT molecular complexity index is 416. The van der Waals surface area contributed by atoms with Gasteiger partial charge in [-0.25, -0.2) is 0 Å². The number of thioether (sulfide) groups is 1. The first-order valence-electron chi connectivity index (χ1n) is 5.84. The van der Waals surface area contributed by atoms with E-state index < -0.39 is 0 Å². The molecule has 1 aliphatic heterocycles. The van der Waals surface area contributed by atoms with Gasteiger partial charge in [-0.3, -0.25) is 9.78 Å². The van der Waals surface area contributed by atoms with Crippen LogP contribution in [0.25, 0.3) is 0 Å². The normalized spacial score (nSPS) is 15.9. The van der Waals surface area contributed by atoms with Crippen molar-refractivity contribution in [2.24, 2.45) is 5.73 Å². The molecule has 2 rings (SSSR count). The number of nitrogens with two attached hydrogens (primary N) is 1. The summed E-state index contributed by atoms with van der Waals surface area (Å²) in [6.45, 7) is 3.93. The summed E-state index contributed by atoms with van der Waals surface area (Å²) in [7, 11) is 0. The first-order chi connectivity index (χ1) is 8.24. The lowest BCUT2D eigenvalue weighted by Crippen LogP contribution is -2.34. The number of amides is 1. The zero-order valence-electron chi connectivity index (χ0n) is 9.98. The Hall–Kier alpha value is -1.23. The van der Waals surface area contributed by atoms with Gasteiger partial charge in [0.2, 0.25) is 0 Å². The number of carbonyl (C=O) groups is 1. The Balaban J connectivity index is 2.40. The van der Waals surface area contributed by atoms with Crippen molar-refractivity contribution in [2.45, 2.75) is 13.3 Å². The number of carbonyl (C=O) groups excluding carboxylic acids is 1. The highest BCUT2D eigenvalue weighted by atomic mass is 32.2. The van der Waals surface area contributed by atoms with Crippen LogP contribution in [0.4, 0.5) is 5.69 Å². The molecule has 1 fully saturated rings. The molecule has 0 atom stereocenters. The highest BCUT2D eigenvalue weighted by Gasteiger charge is 2.20. The Morgan fingerprint density at radius 2 is 2.24 bits per heavy atom. The van der Waals surface area contributed by atoms with Crippen LogP contribution in [0.5, 0.6) is 0 Å². The number of hydrogen-bond acceptors (Lipinski definition) is 4. The third-order valence-electron chi connectivity index (χ3n) is 2.94. The molecule has 1 aliphatic rings. The minimum Gasteiger partial charge on any atom is -0.369 e. The van der Waals surface area contributed by atoms with E-state index in [0.717, 1.165) is 42.4 Å². The van der Waals surface area contributed by atoms with Gasteiger partial charge in [0.15, 0.2) is 0 Å². The molecule has 1 aromatic heterocycles. The van der Waals surface area contributed by atoms with E-state index in [1.54, 1.807) is 6.20 Å². The summed E-state index contributed by atoms with van der Waals surface area (Å²) < 4.78 is 0. The molecule has 0 aromatic carbocycles. The zero-order valence-corrected chi connectivity index (χ0v) is 10.8. The third-order valence-corrected chi connectivity index (χ3v) is 3.88. The highest BCUT2D eigenvalue weighted by Crippen LogP contribution is 2.25. The van der Waals surface area contributed by atoms with Crippen LogP contribution in [-0.4, -0.2) is 35.5 Å². The molecule has 2 N–H and O–H groups in total. The van der Waals surface area contributed by atoms with Crippen molar-refractivity contribution >= 4 is 23.4 Å². The number of pyridine rings is 1. The fourth-order valence-electron chi connectivity index (χ4n) is 2.10. The Kier molecular flexibility index (Phi) is 3.89. The second-order valence-electron chi connectivity index (χ2n) is 3.97. The fraction of sp³-hybridized carbons (Fsp3) is 0.500. The minimum absolute atomic E-state index is 0.372. The van der Waals surface area contributed by atoms with Crippen LogP contribution < -0.4 is 10.6 Å². The monoisotopic (exact) mass is 251 g/mol. The van der Waals surface area contributed by atoms with Gasteiger partial charge in [0.25, 0.3) is 5.91 Å². The smallest absolute Gasteiger partial charge is 0.252 e. The maximum atomic E-state index is 11.6. The molecule has 0 radical (unpaired) electrons. The first kappa shape index (κ1) is 12.2. The standard InChI is InChI=1S/C12H17N3OS/c1-2-9-11(12(13)16)10(3-4-14-9)15-5-7-17-8-6-15/h3-4H,2,5-8H2,1H3,(H2,13,16). The van der Waals surface area contributed by atoms with Gasteiger partial charge in [-0.2, -0.15) is 11.8 Å². The van der Waals surface area contributed by atoms with Crippen molar-refractivity contribution in [3.63, 3.8) is 0 Å². The van der Waals surface area contributed by atoms with Crippen LogP contribution in [0.1, 0.15) is 23.0 Å². The Morgan fingerprint density at radius 3 is 2.82 bits per heavy atom. The van der Waals surface area contributed by atoms with Crippen LogP contribution in [-0.2, 0) is 6.42 Å². The Morgan fingerprint density at radius 1 is 1.53 bits per heavy atom. The third kappa shape index (κ3) is 2.54. The molecule has 0 aliphatic carbocycles. The van der Waals surface area contributed by atoms with Crippen molar-refractivity contribution in [2.75, 3.05) is 29.5 Å². The predicted molar refractivity (Wildman–Crippen MR) is 71.7 cm³/mol. The fourth-order valence-corrected chi connectivity index (χ4v) is 3.00. The summed E-state index contributed by atoms with van der Waals surface area (Å²) in [5.74, 6) is 1.83. The second kappa shape index (κ2) is 5.40. The number of aryl methyl sites for hydroxylation is 1. The van der Waals surface area contributed by atoms with E-state index >= 15 is 0 Å². The summed E-state index contributed by atoms with van der Waals surface area (Å²) in [6, 6.07) is 1.90. The SMILES string of the molecule is CCc1nccc(N2CCSCC2)c1C(N)=O. The molecule has 0 saturated carbocycles. The van der Waals surface area contributed by atoms with Crippen molar-refractivity contribution in [3.05, 3.63) is 23.5 Å². The topological polar surface area (TPSA) is 59.2 Å². The second-order valence-corrected chi connectivity index (χ2v) is 5.19. The number of rotatable bonds is 3. The van der Waals surface area contributed by atoms with Gasteiger partial charge in [-0.15, -0.1) is 0 Å². The molecule has 0 bridgehead atoms. The summed E-state index contributed by atoms with van der Waals surface area (Å²) in [5.41, 5.74) is 7.83. The number of nitrogens with zero attached hydrogens (tertiary/aromatic N) is 2. The molecule has 1 saturated heterocycles. The first-order valence-corrected chi connectivity index (χ1v) is 7.00. The summed E-state index contributed by atoms with van der Waals surface area (Å²) in [4.78, 5) is 18.1. The van der Waals surface area contributed by atoms with Crippen LogP contribution in [0, 0.1) is 0 Å². The highest BCUT2D eigenvalue weighted by molar-refractivity contribution is 7.99. The molecule has 5 heteroatoms. The van der Waals surface area contributed by atoms with Gasteiger partial charge >= 0.3 is 0 Å². The van der Waals surface area contributed by atoms with Crippen LogP contribution in [0.2, 0.25) is 0 Å². The molecule has 2 heterocycles. The van der Waals surface area contributed by atoms with Gasteiger partial charge in [-0.05, 0) is 12.5 Å². The minimum atomic E-state index is -0.372. The maximum Gasteiger partial charge on any atom is 0.252 e. The predicted octanol–water partition coefficient (Wildman–Crippen LogP) is 1.30. The molecule has 17 heavy (non-hydrogen) atoms. The van der Waals surface area contributed by atoms with Crippen LogP contribution in [0.3, 0.4) is 0 Å². The van der Waals surface area contributed by atoms with Gasteiger partial charge in [-0.1, -0.05) is 6.92 Å². The van der Waals surface area contributed by atoms with Gasteiger partial charge in [0.1, 0.15) is 0 Å². The molecular formula is C12H17N3OS. The lowest BCUT2D eigenvalue weighted by Gasteiger charge is -2.30. The van der Waals surface area contributed by atoms with E-state index in [9.17, 15) is 4.79 Å². The number of anilines is 1. The van der Waals surface area contributed by atoms with E-state index in [4.69, 9.17) is 5.73 Å². The van der Waals surface area contributed by atoms with E-state index in [2.05, 4.69) is 9.88 Å². The van der Waals surface area contributed by atoms with E-state index in [-0.39, 0.29) is 5.91 Å². The summed E-state index contributed by atoms with van der Waals surface area (Å²) in [5, 5.41) is 0. The lowest BCUT2D eigenvalue weighted by molar-refractivity contribution is 0.0999. The van der Waals surface area contributed by atoms with Crippen molar-refractivity contribution < 1.29 is 4.79 Å². The zero-order chi connectivity index (χ0) is 12.3. The lowest BCUT2D eigenvalue weighted by atomic mass is 10.1. The largest absolute Gasteiger partial charge is 0.369 e. The van der Waals surface area contributed by atoms with Crippen LogP contribution >= 0.6 is 11.8 Å². The Labute approximate surface area is 106 Å². The molecule has 92 valence electrons. The average Bonchev–Trinajstić information content (AvgIpc) is 2.38. The van der Waals surface area contributed by atoms with Gasteiger partial charge in [0, 0.05) is 30.8 Å².